The van der Waals surface area contributed by atoms with Gasteiger partial charge in [0.05, 0.1) is 17.0 Å². The van der Waals surface area contributed by atoms with Crippen molar-refractivity contribution in [3.05, 3.63) is 44.5 Å². The largest absolute Gasteiger partial charge is 0.391 e. The Labute approximate surface area is 152 Å². The first-order valence-electron chi connectivity index (χ1n) is 8.85. The fourth-order valence-electron chi connectivity index (χ4n) is 3.62. The number of alkyl halides is 3. The molecule has 1 heterocycles. The molecular weight excluding hydrogens is 363 g/mol. The number of amides is 1. The van der Waals surface area contributed by atoms with Crippen molar-refractivity contribution in [1.82, 2.24) is 14.9 Å². The minimum Gasteiger partial charge on any atom is -0.349 e. The molecule has 6 nitrogen and oxygen atoms in total. The number of halogens is 3. The van der Waals surface area contributed by atoms with Crippen LogP contribution in [0.3, 0.4) is 0 Å². The standard InChI is InChI=1S/C18H20F3N3O3/c1-2-24-14-7-6-10(8-13(14)23-16(26)17(24)27)15(25)22-12-5-3-4-11(9-12)18(19,20)21/h6-8,11-12H,2-5,9H2,1H3,(H,22,25)(H,23,26). The lowest BCUT2D eigenvalue weighted by Crippen LogP contribution is -2.41. The van der Waals surface area contributed by atoms with Crippen LogP contribution in [-0.4, -0.2) is 27.7 Å². The second-order valence-corrected chi connectivity index (χ2v) is 6.81. The first-order chi connectivity index (χ1) is 12.7. The van der Waals surface area contributed by atoms with E-state index in [1.807, 2.05) is 0 Å². The molecule has 0 bridgehead atoms. The summed E-state index contributed by atoms with van der Waals surface area (Å²) in [5.41, 5.74) is -0.447. The minimum atomic E-state index is -4.25. The van der Waals surface area contributed by atoms with Gasteiger partial charge in [-0.05, 0) is 44.4 Å². The van der Waals surface area contributed by atoms with E-state index in [0.717, 1.165) is 0 Å². The molecule has 1 amide bonds. The van der Waals surface area contributed by atoms with Gasteiger partial charge >= 0.3 is 17.3 Å². The SMILES string of the molecule is CCn1c(=O)c(=O)[nH]c2cc(C(=O)NC3CCCC(C(F)(F)F)C3)ccc21. The van der Waals surface area contributed by atoms with Crippen molar-refractivity contribution in [2.45, 2.75) is 51.4 Å². The van der Waals surface area contributed by atoms with E-state index in [4.69, 9.17) is 0 Å². The van der Waals surface area contributed by atoms with Gasteiger partial charge in [0, 0.05) is 18.2 Å². The van der Waals surface area contributed by atoms with E-state index >= 15 is 0 Å². The summed E-state index contributed by atoms with van der Waals surface area (Å²) in [5.74, 6) is -1.90. The molecule has 1 aliphatic rings. The number of carbonyl (C=O) groups excluding carboxylic acids is 1. The molecule has 0 radical (unpaired) electrons. The highest BCUT2D eigenvalue weighted by Gasteiger charge is 2.42. The van der Waals surface area contributed by atoms with Gasteiger partial charge in [-0.2, -0.15) is 13.2 Å². The molecule has 0 spiro atoms. The van der Waals surface area contributed by atoms with Crippen molar-refractivity contribution >= 4 is 16.9 Å². The normalized spacial score (nSPS) is 20.6. The molecule has 1 aromatic heterocycles. The number of nitrogens with zero attached hydrogens (tertiary/aromatic N) is 1. The number of hydrogen-bond donors (Lipinski definition) is 2. The molecule has 27 heavy (non-hydrogen) atoms. The van der Waals surface area contributed by atoms with Crippen molar-refractivity contribution in [2.75, 3.05) is 0 Å². The van der Waals surface area contributed by atoms with Crippen LogP contribution in [0.1, 0.15) is 43.0 Å². The Bertz CT molecular complexity index is 978. The number of aryl methyl sites for hydroxylation is 1. The summed E-state index contributed by atoms with van der Waals surface area (Å²) in [6, 6.07) is 3.93. The molecule has 3 rings (SSSR count). The molecule has 1 aromatic carbocycles. The predicted octanol–water partition coefficient (Wildman–Crippen LogP) is 2.56. The highest BCUT2D eigenvalue weighted by Crippen LogP contribution is 2.37. The zero-order valence-electron chi connectivity index (χ0n) is 14.7. The summed E-state index contributed by atoms with van der Waals surface area (Å²) < 4.78 is 40.0. The highest BCUT2D eigenvalue weighted by molar-refractivity contribution is 5.97. The lowest BCUT2D eigenvalue weighted by Gasteiger charge is -2.31. The van der Waals surface area contributed by atoms with Gasteiger partial charge in [-0.25, -0.2) is 0 Å². The van der Waals surface area contributed by atoms with Gasteiger partial charge in [-0.15, -0.1) is 0 Å². The molecule has 2 unspecified atom stereocenters. The molecule has 2 aromatic rings. The fraction of sp³-hybridized carbons (Fsp3) is 0.500. The van der Waals surface area contributed by atoms with Crippen LogP contribution >= 0.6 is 0 Å². The van der Waals surface area contributed by atoms with E-state index in [0.29, 0.717) is 30.4 Å². The number of rotatable bonds is 3. The zero-order chi connectivity index (χ0) is 19.8. The van der Waals surface area contributed by atoms with Crippen LogP contribution < -0.4 is 16.4 Å². The molecular formula is C18H20F3N3O3. The van der Waals surface area contributed by atoms with Crippen LogP contribution in [0.25, 0.3) is 11.0 Å². The van der Waals surface area contributed by atoms with Crippen LogP contribution in [0.5, 0.6) is 0 Å². The van der Waals surface area contributed by atoms with Crippen molar-refractivity contribution in [3.8, 4) is 0 Å². The Hall–Kier alpha value is -2.58. The van der Waals surface area contributed by atoms with Crippen LogP contribution in [-0.2, 0) is 6.54 Å². The molecule has 1 fully saturated rings. The van der Waals surface area contributed by atoms with Gasteiger partial charge in [-0.3, -0.25) is 14.4 Å². The number of carbonyl (C=O) groups is 1. The van der Waals surface area contributed by atoms with Crippen molar-refractivity contribution in [3.63, 3.8) is 0 Å². The van der Waals surface area contributed by atoms with Crippen molar-refractivity contribution in [2.24, 2.45) is 5.92 Å². The third kappa shape index (κ3) is 3.91. The molecule has 0 saturated heterocycles. The number of fused-ring (bicyclic) bond motifs is 1. The van der Waals surface area contributed by atoms with E-state index < -0.39 is 35.2 Å². The second kappa shape index (κ2) is 7.21. The average molecular weight is 383 g/mol. The summed E-state index contributed by atoms with van der Waals surface area (Å²) in [6.07, 6.45) is -3.40. The summed E-state index contributed by atoms with van der Waals surface area (Å²) in [6.45, 7) is 2.02. The lowest BCUT2D eigenvalue weighted by atomic mass is 9.85. The van der Waals surface area contributed by atoms with Crippen LogP contribution in [0.2, 0.25) is 0 Å². The van der Waals surface area contributed by atoms with Gasteiger partial charge in [0.1, 0.15) is 0 Å². The Morgan fingerprint density at radius 3 is 2.70 bits per heavy atom. The van der Waals surface area contributed by atoms with E-state index in [1.165, 1.54) is 16.7 Å². The molecule has 1 saturated carbocycles. The Morgan fingerprint density at radius 1 is 1.30 bits per heavy atom. The van der Waals surface area contributed by atoms with Gasteiger partial charge in [-0.1, -0.05) is 6.42 Å². The molecule has 9 heteroatoms. The topological polar surface area (TPSA) is 84.0 Å². The number of H-pyrrole nitrogens is 1. The molecule has 1 aliphatic carbocycles. The highest BCUT2D eigenvalue weighted by atomic mass is 19.4. The van der Waals surface area contributed by atoms with Crippen LogP contribution in [0, 0.1) is 5.92 Å². The van der Waals surface area contributed by atoms with Gasteiger partial charge in [0.2, 0.25) is 0 Å². The van der Waals surface area contributed by atoms with Gasteiger partial charge < -0.3 is 14.9 Å². The van der Waals surface area contributed by atoms with E-state index in [-0.39, 0.29) is 18.4 Å². The van der Waals surface area contributed by atoms with E-state index in [2.05, 4.69) is 10.3 Å². The summed E-state index contributed by atoms with van der Waals surface area (Å²) in [5, 5.41) is 2.66. The minimum absolute atomic E-state index is 0.0849. The Kier molecular flexibility index (Phi) is 5.12. The van der Waals surface area contributed by atoms with Crippen molar-refractivity contribution < 1.29 is 18.0 Å². The predicted molar refractivity (Wildman–Crippen MR) is 93.8 cm³/mol. The first kappa shape index (κ1) is 19.2. The number of hydrogen-bond acceptors (Lipinski definition) is 3. The molecule has 0 aliphatic heterocycles. The number of aromatic amines is 1. The average Bonchev–Trinajstić information content (AvgIpc) is 2.62. The Morgan fingerprint density at radius 2 is 2.04 bits per heavy atom. The quantitative estimate of drug-likeness (QED) is 0.799. The smallest absolute Gasteiger partial charge is 0.349 e. The maximum absolute atomic E-state index is 12.9. The molecule has 2 N–H and O–H groups in total. The zero-order valence-corrected chi connectivity index (χ0v) is 14.7. The monoisotopic (exact) mass is 383 g/mol. The maximum atomic E-state index is 12.9. The lowest BCUT2D eigenvalue weighted by molar-refractivity contribution is -0.183. The second-order valence-electron chi connectivity index (χ2n) is 6.81. The number of benzene rings is 1. The fourth-order valence-corrected chi connectivity index (χ4v) is 3.62. The summed E-state index contributed by atoms with van der Waals surface area (Å²) in [7, 11) is 0. The number of nitrogens with one attached hydrogen (secondary N) is 2. The summed E-state index contributed by atoms with van der Waals surface area (Å²) >= 11 is 0. The van der Waals surface area contributed by atoms with Crippen LogP contribution in [0.15, 0.2) is 27.8 Å². The van der Waals surface area contributed by atoms with E-state index in [9.17, 15) is 27.6 Å². The first-order valence-corrected chi connectivity index (χ1v) is 8.85. The third-order valence-corrected chi connectivity index (χ3v) is 5.03. The van der Waals surface area contributed by atoms with Gasteiger partial charge in [0.15, 0.2) is 0 Å². The third-order valence-electron chi connectivity index (χ3n) is 5.03. The summed E-state index contributed by atoms with van der Waals surface area (Å²) in [4.78, 5) is 38.5. The van der Waals surface area contributed by atoms with Gasteiger partial charge in [0.25, 0.3) is 5.91 Å². The van der Waals surface area contributed by atoms with Crippen molar-refractivity contribution in [1.29, 1.82) is 0 Å². The number of aromatic nitrogens is 2. The van der Waals surface area contributed by atoms with Crippen LogP contribution in [0.4, 0.5) is 13.2 Å². The maximum Gasteiger partial charge on any atom is 0.391 e. The Balaban J connectivity index is 1.83. The van der Waals surface area contributed by atoms with E-state index in [1.54, 1.807) is 13.0 Å². The molecule has 2 atom stereocenters. The molecule has 146 valence electrons.